The minimum Gasteiger partial charge on any atom is -0.462 e. The maximum atomic E-state index is 11.4. The minimum atomic E-state index is -0.419. The summed E-state index contributed by atoms with van der Waals surface area (Å²) in [5, 5.41) is 6.37. The summed E-state index contributed by atoms with van der Waals surface area (Å²) in [4.78, 5) is 17.2. The summed E-state index contributed by atoms with van der Waals surface area (Å²) in [5.41, 5.74) is 0.343. The zero-order valence-corrected chi connectivity index (χ0v) is 9.02. The number of rotatable bonds is 4. The predicted octanol–water partition coefficient (Wildman–Crippen LogP) is 0.808. The van der Waals surface area contributed by atoms with Gasteiger partial charge in [0.1, 0.15) is 5.56 Å². The first-order valence-electron chi connectivity index (χ1n) is 4.56. The minimum absolute atomic E-state index is 0.334. The van der Waals surface area contributed by atoms with Crippen LogP contribution in [0, 0.1) is 0 Å². The number of hydrogen-bond donors (Lipinski definition) is 1. The monoisotopic (exact) mass is 210 g/mol. The number of carbonyl (C=O) groups is 1. The number of esters is 1. The van der Waals surface area contributed by atoms with Crippen LogP contribution in [0.5, 0.6) is 0 Å². The second-order valence-corrected chi connectivity index (χ2v) is 3.06. The van der Waals surface area contributed by atoms with E-state index < -0.39 is 5.97 Å². The molecule has 0 amide bonds. The molecule has 1 heterocycles. The molecule has 0 atom stereocenters. The zero-order chi connectivity index (χ0) is 11.3. The van der Waals surface area contributed by atoms with Crippen LogP contribution < -0.4 is 0 Å². The topological polar surface area (TPSA) is 70.6 Å². The summed E-state index contributed by atoms with van der Waals surface area (Å²) in [7, 11) is 3.67. The van der Waals surface area contributed by atoms with Crippen molar-refractivity contribution >= 4 is 18.1 Å². The van der Waals surface area contributed by atoms with Crippen LogP contribution in [0.4, 0.5) is 5.82 Å². The van der Waals surface area contributed by atoms with Crippen LogP contribution in [-0.2, 0) is 4.74 Å². The number of aromatic amines is 1. The van der Waals surface area contributed by atoms with Crippen molar-refractivity contribution in [2.45, 2.75) is 6.92 Å². The standard InChI is InChI=1S/C9H14N4O2/c1-4-15-9(14)7-5-11-12-8(7)10-6-13(2)3/h5-6H,4H2,1-3H3,(H,11,12)/b10-6-. The van der Waals surface area contributed by atoms with E-state index >= 15 is 0 Å². The quantitative estimate of drug-likeness (QED) is 0.453. The first-order valence-corrected chi connectivity index (χ1v) is 4.56. The highest BCUT2D eigenvalue weighted by molar-refractivity contribution is 5.94. The Kier molecular flexibility index (Phi) is 3.84. The smallest absolute Gasteiger partial charge is 0.343 e. The highest BCUT2D eigenvalue weighted by Gasteiger charge is 2.13. The van der Waals surface area contributed by atoms with Gasteiger partial charge in [-0.2, -0.15) is 5.10 Å². The Morgan fingerprint density at radius 2 is 2.47 bits per heavy atom. The lowest BCUT2D eigenvalue weighted by atomic mass is 10.3. The van der Waals surface area contributed by atoms with Gasteiger partial charge in [-0.25, -0.2) is 9.79 Å². The highest BCUT2D eigenvalue weighted by atomic mass is 16.5. The summed E-state index contributed by atoms with van der Waals surface area (Å²) in [6.45, 7) is 2.08. The molecule has 0 aliphatic heterocycles. The van der Waals surface area contributed by atoms with Gasteiger partial charge in [-0.05, 0) is 6.92 Å². The van der Waals surface area contributed by atoms with Crippen LogP contribution >= 0.6 is 0 Å². The summed E-state index contributed by atoms with van der Waals surface area (Å²) in [5.74, 6) is -0.0145. The lowest BCUT2D eigenvalue weighted by molar-refractivity contribution is 0.0527. The first-order chi connectivity index (χ1) is 7.15. The molecule has 1 N–H and O–H groups in total. The predicted molar refractivity (Wildman–Crippen MR) is 56.4 cm³/mol. The maximum absolute atomic E-state index is 11.4. The summed E-state index contributed by atoms with van der Waals surface area (Å²) < 4.78 is 4.85. The summed E-state index contributed by atoms with van der Waals surface area (Å²) >= 11 is 0. The Morgan fingerprint density at radius 1 is 1.73 bits per heavy atom. The van der Waals surface area contributed by atoms with Gasteiger partial charge in [0, 0.05) is 14.1 Å². The van der Waals surface area contributed by atoms with E-state index in [2.05, 4.69) is 15.2 Å². The van der Waals surface area contributed by atoms with Crippen molar-refractivity contribution in [1.82, 2.24) is 15.1 Å². The van der Waals surface area contributed by atoms with E-state index in [9.17, 15) is 4.79 Å². The number of aliphatic imine (C=N–C) groups is 1. The van der Waals surface area contributed by atoms with Gasteiger partial charge in [0.25, 0.3) is 0 Å². The second kappa shape index (κ2) is 5.14. The molecule has 0 aromatic carbocycles. The number of ether oxygens (including phenoxy) is 1. The Morgan fingerprint density at radius 3 is 3.07 bits per heavy atom. The Balaban J connectivity index is 2.82. The number of nitrogens with one attached hydrogen (secondary N) is 1. The largest absolute Gasteiger partial charge is 0.462 e. The maximum Gasteiger partial charge on any atom is 0.343 e. The molecular weight excluding hydrogens is 196 g/mol. The molecule has 0 aliphatic rings. The first kappa shape index (κ1) is 11.2. The molecule has 0 saturated heterocycles. The summed E-state index contributed by atoms with van der Waals surface area (Å²) in [6.07, 6.45) is 2.98. The fraction of sp³-hybridized carbons (Fsp3) is 0.444. The van der Waals surface area contributed by atoms with Gasteiger partial charge in [0.05, 0.1) is 19.1 Å². The third kappa shape index (κ3) is 3.08. The third-order valence-corrected chi connectivity index (χ3v) is 1.53. The van der Waals surface area contributed by atoms with E-state index in [4.69, 9.17) is 4.74 Å². The van der Waals surface area contributed by atoms with Crippen molar-refractivity contribution in [3.63, 3.8) is 0 Å². The zero-order valence-electron chi connectivity index (χ0n) is 9.02. The average Bonchev–Trinajstić information content (AvgIpc) is 2.62. The summed E-state index contributed by atoms with van der Waals surface area (Å²) in [6, 6.07) is 0. The Labute approximate surface area is 87.9 Å². The molecule has 0 unspecified atom stereocenters. The molecule has 1 aromatic rings. The van der Waals surface area contributed by atoms with Crippen LogP contribution in [0.15, 0.2) is 11.2 Å². The third-order valence-electron chi connectivity index (χ3n) is 1.53. The van der Waals surface area contributed by atoms with Crippen LogP contribution in [-0.4, -0.2) is 48.1 Å². The Bertz CT molecular complexity index is 357. The second-order valence-electron chi connectivity index (χ2n) is 3.06. The normalized spacial score (nSPS) is 10.6. The van der Waals surface area contributed by atoms with E-state index in [-0.39, 0.29) is 0 Å². The fourth-order valence-corrected chi connectivity index (χ4v) is 0.909. The lowest BCUT2D eigenvalue weighted by Crippen LogP contribution is -2.08. The Hall–Kier alpha value is -1.85. The fourth-order valence-electron chi connectivity index (χ4n) is 0.909. The van der Waals surface area contributed by atoms with Gasteiger partial charge in [-0.15, -0.1) is 0 Å². The van der Waals surface area contributed by atoms with Crippen molar-refractivity contribution in [1.29, 1.82) is 0 Å². The molecule has 6 heteroatoms. The number of carbonyl (C=O) groups excluding carboxylic acids is 1. The van der Waals surface area contributed by atoms with Gasteiger partial charge in [-0.3, -0.25) is 5.10 Å². The van der Waals surface area contributed by atoms with E-state index in [1.807, 2.05) is 14.1 Å². The van der Waals surface area contributed by atoms with Crippen molar-refractivity contribution < 1.29 is 9.53 Å². The number of H-pyrrole nitrogens is 1. The highest BCUT2D eigenvalue weighted by Crippen LogP contribution is 2.15. The molecule has 1 aromatic heterocycles. The van der Waals surface area contributed by atoms with Gasteiger partial charge in [-0.1, -0.05) is 0 Å². The van der Waals surface area contributed by atoms with Crippen LogP contribution in [0.25, 0.3) is 0 Å². The number of nitrogens with zero attached hydrogens (tertiary/aromatic N) is 3. The SMILES string of the molecule is CCOC(=O)c1cn[nH]c1/N=C\N(C)C. The van der Waals surface area contributed by atoms with Crippen molar-refractivity contribution in [2.24, 2.45) is 4.99 Å². The lowest BCUT2D eigenvalue weighted by Gasteiger charge is -2.02. The number of aromatic nitrogens is 2. The van der Waals surface area contributed by atoms with E-state index in [0.717, 1.165) is 0 Å². The molecule has 0 radical (unpaired) electrons. The van der Waals surface area contributed by atoms with Crippen molar-refractivity contribution in [2.75, 3.05) is 20.7 Å². The molecule has 6 nitrogen and oxygen atoms in total. The molecule has 0 spiro atoms. The molecule has 0 fully saturated rings. The molecule has 0 bridgehead atoms. The molecule has 1 rings (SSSR count). The van der Waals surface area contributed by atoms with Crippen LogP contribution in [0.1, 0.15) is 17.3 Å². The van der Waals surface area contributed by atoms with Gasteiger partial charge in [0.2, 0.25) is 0 Å². The van der Waals surface area contributed by atoms with E-state index in [1.165, 1.54) is 6.20 Å². The van der Waals surface area contributed by atoms with E-state index in [0.29, 0.717) is 18.0 Å². The van der Waals surface area contributed by atoms with Crippen molar-refractivity contribution in [3.8, 4) is 0 Å². The van der Waals surface area contributed by atoms with Gasteiger partial charge < -0.3 is 9.64 Å². The van der Waals surface area contributed by atoms with Crippen LogP contribution in [0.3, 0.4) is 0 Å². The average molecular weight is 210 g/mol. The number of hydrogen-bond acceptors (Lipinski definition) is 4. The van der Waals surface area contributed by atoms with Crippen molar-refractivity contribution in [3.05, 3.63) is 11.8 Å². The van der Waals surface area contributed by atoms with Gasteiger partial charge >= 0.3 is 5.97 Å². The molecule has 82 valence electrons. The molecular formula is C9H14N4O2. The molecule has 15 heavy (non-hydrogen) atoms. The van der Waals surface area contributed by atoms with Gasteiger partial charge in [0.15, 0.2) is 5.82 Å². The molecule has 0 saturated carbocycles. The van der Waals surface area contributed by atoms with Crippen LogP contribution in [0.2, 0.25) is 0 Å². The molecule has 0 aliphatic carbocycles. The van der Waals surface area contributed by atoms with E-state index in [1.54, 1.807) is 18.2 Å².